The van der Waals surface area contributed by atoms with Gasteiger partial charge < -0.3 is 19.3 Å². The molecule has 0 saturated heterocycles. The van der Waals surface area contributed by atoms with Gasteiger partial charge >= 0.3 is 19.8 Å². The van der Waals surface area contributed by atoms with Crippen LogP contribution >= 0.6 is 7.82 Å². The standard InChI is InChI=1S/C43H80NO8P/c1-5-7-9-11-13-15-17-19-21-23-25-27-29-31-33-35-42(45)49-39-41(40-51-53(47,48)50-38-37-44(3)4)52-43(46)36-34-32-30-28-26-24-22-20-18-16-14-12-10-8-6-2/h13,15-16,18-19,21,41H,5-12,14,17,20,22-40H2,1-4H3,(H,47,48)/b15-13-,18-16-,21-19-. The van der Waals surface area contributed by atoms with Gasteiger partial charge in [-0.1, -0.05) is 134 Å². The van der Waals surface area contributed by atoms with E-state index in [4.69, 9.17) is 18.5 Å². The zero-order valence-electron chi connectivity index (χ0n) is 34.5. The smallest absolute Gasteiger partial charge is 0.462 e. The molecule has 0 spiro atoms. The monoisotopic (exact) mass is 770 g/mol. The van der Waals surface area contributed by atoms with Crippen molar-refractivity contribution in [3.05, 3.63) is 36.5 Å². The van der Waals surface area contributed by atoms with Crippen molar-refractivity contribution in [2.75, 3.05) is 40.5 Å². The number of ether oxygens (including phenoxy) is 2. The second-order valence-corrected chi connectivity index (χ2v) is 16.0. The average Bonchev–Trinajstić information content (AvgIpc) is 3.12. The summed E-state index contributed by atoms with van der Waals surface area (Å²) in [7, 11) is -0.720. The number of unbranched alkanes of at least 4 members (excludes halogenated alkanes) is 19. The second-order valence-electron chi connectivity index (χ2n) is 14.5. The number of allylic oxidation sites excluding steroid dienone is 6. The minimum atomic E-state index is -4.36. The lowest BCUT2D eigenvalue weighted by molar-refractivity contribution is -0.161. The molecule has 0 aliphatic rings. The first-order valence-corrected chi connectivity index (χ1v) is 22.8. The van der Waals surface area contributed by atoms with Gasteiger partial charge in [0.25, 0.3) is 0 Å². The van der Waals surface area contributed by atoms with Gasteiger partial charge in [0.1, 0.15) is 6.61 Å². The first kappa shape index (κ1) is 51.2. The van der Waals surface area contributed by atoms with Gasteiger partial charge in [-0.15, -0.1) is 0 Å². The Balaban J connectivity index is 4.33. The SMILES string of the molecule is CCCCC/C=C\C/C=C\CCCCCCCC(=O)OCC(COP(=O)(O)OCCN(C)C)OC(=O)CCCCCCCCC/C=C\CCCCCC. The topological polar surface area (TPSA) is 112 Å². The van der Waals surface area contributed by atoms with Crippen LogP contribution < -0.4 is 0 Å². The minimum absolute atomic E-state index is 0.00398. The maximum absolute atomic E-state index is 12.6. The van der Waals surface area contributed by atoms with Gasteiger partial charge in [-0.25, -0.2) is 4.57 Å². The Morgan fingerprint density at radius 1 is 0.585 bits per heavy atom. The van der Waals surface area contributed by atoms with E-state index in [1.54, 1.807) is 0 Å². The molecule has 2 atom stereocenters. The van der Waals surface area contributed by atoms with Crippen molar-refractivity contribution in [2.24, 2.45) is 0 Å². The van der Waals surface area contributed by atoms with Crippen LogP contribution in [-0.2, 0) is 32.7 Å². The molecule has 10 heteroatoms. The zero-order valence-corrected chi connectivity index (χ0v) is 35.3. The van der Waals surface area contributed by atoms with Crippen LogP contribution in [0.4, 0.5) is 0 Å². The molecule has 0 bridgehead atoms. The van der Waals surface area contributed by atoms with Crippen LogP contribution in [0.5, 0.6) is 0 Å². The molecule has 9 nitrogen and oxygen atoms in total. The molecule has 0 heterocycles. The molecule has 0 radical (unpaired) electrons. The summed E-state index contributed by atoms with van der Waals surface area (Å²) in [6, 6.07) is 0. The number of nitrogens with zero attached hydrogens (tertiary/aromatic N) is 1. The molecule has 0 fully saturated rings. The zero-order chi connectivity index (χ0) is 39.1. The van der Waals surface area contributed by atoms with E-state index in [1.807, 2.05) is 19.0 Å². The second kappa shape index (κ2) is 38.5. The van der Waals surface area contributed by atoms with Gasteiger partial charge in [0.15, 0.2) is 6.10 Å². The number of rotatable bonds is 39. The van der Waals surface area contributed by atoms with E-state index < -0.39 is 26.5 Å². The third kappa shape index (κ3) is 39.7. The number of phosphoric ester groups is 1. The first-order valence-electron chi connectivity index (χ1n) is 21.3. The summed E-state index contributed by atoms with van der Waals surface area (Å²) in [5, 5.41) is 0. The van der Waals surface area contributed by atoms with Crippen molar-refractivity contribution in [3.63, 3.8) is 0 Å². The molecule has 0 aromatic carbocycles. The third-order valence-corrected chi connectivity index (χ3v) is 9.90. The molecule has 53 heavy (non-hydrogen) atoms. The molecule has 1 N–H and O–H groups in total. The van der Waals surface area contributed by atoms with Gasteiger partial charge in [0.05, 0.1) is 13.2 Å². The molecule has 0 aliphatic carbocycles. The van der Waals surface area contributed by atoms with Crippen molar-refractivity contribution < 1.29 is 37.6 Å². The van der Waals surface area contributed by atoms with Crippen LogP contribution in [0.25, 0.3) is 0 Å². The Hall–Kier alpha value is -1.77. The molecule has 0 aliphatic heterocycles. The Bertz CT molecular complexity index is 983. The molecule has 0 amide bonds. The highest BCUT2D eigenvalue weighted by molar-refractivity contribution is 7.47. The fourth-order valence-corrected chi connectivity index (χ4v) is 6.33. The van der Waals surface area contributed by atoms with E-state index in [9.17, 15) is 19.0 Å². The maximum Gasteiger partial charge on any atom is 0.472 e. The van der Waals surface area contributed by atoms with Gasteiger partial charge in [0, 0.05) is 19.4 Å². The van der Waals surface area contributed by atoms with Gasteiger partial charge in [0.2, 0.25) is 0 Å². The summed E-state index contributed by atoms with van der Waals surface area (Å²) in [5.41, 5.74) is 0. The maximum atomic E-state index is 12.6. The van der Waals surface area contributed by atoms with Crippen molar-refractivity contribution in [2.45, 2.75) is 187 Å². The first-order chi connectivity index (χ1) is 25.7. The number of esters is 2. The van der Waals surface area contributed by atoms with Crippen LogP contribution in [0.2, 0.25) is 0 Å². The molecule has 0 aromatic rings. The Morgan fingerprint density at radius 3 is 1.55 bits per heavy atom. The number of hydrogen-bond acceptors (Lipinski definition) is 8. The molecular weight excluding hydrogens is 689 g/mol. The van der Waals surface area contributed by atoms with E-state index in [1.165, 1.54) is 77.0 Å². The van der Waals surface area contributed by atoms with Crippen LogP contribution in [-0.4, -0.2) is 68.3 Å². The highest BCUT2D eigenvalue weighted by Gasteiger charge is 2.26. The number of likely N-dealkylation sites (N-methyl/N-ethyl adjacent to an activating group) is 1. The number of hydrogen-bond donors (Lipinski definition) is 1. The predicted octanol–water partition coefficient (Wildman–Crippen LogP) is 12.0. The quantitative estimate of drug-likeness (QED) is 0.0282. The van der Waals surface area contributed by atoms with Crippen molar-refractivity contribution in [1.29, 1.82) is 0 Å². The van der Waals surface area contributed by atoms with Crippen LogP contribution in [0.1, 0.15) is 181 Å². The Labute approximate surface area is 325 Å². The molecule has 0 aromatic heterocycles. The van der Waals surface area contributed by atoms with Crippen LogP contribution in [0.3, 0.4) is 0 Å². The lowest BCUT2D eigenvalue weighted by atomic mass is 10.1. The van der Waals surface area contributed by atoms with E-state index >= 15 is 0 Å². The van der Waals surface area contributed by atoms with Gasteiger partial charge in [-0.05, 0) is 84.7 Å². The summed E-state index contributed by atoms with van der Waals surface area (Å²) in [6.45, 7) is 4.26. The molecular formula is C43H80NO8P. The largest absolute Gasteiger partial charge is 0.472 e. The highest BCUT2D eigenvalue weighted by Crippen LogP contribution is 2.43. The molecule has 0 saturated carbocycles. The highest BCUT2D eigenvalue weighted by atomic mass is 31.2. The van der Waals surface area contributed by atoms with Crippen molar-refractivity contribution >= 4 is 19.8 Å². The summed E-state index contributed by atoms with van der Waals surface area (Å²) in [5.74, 6) is -0.823. The van der Waals surface area contributed by atoms with E-state index in [0.717, 1.165) is 70.6 Å². The van der Waals surface area contributed by atoms with E-state index in [0.29, 0.717) is 13.0 Å². The third-order valence-electron chi connectivity index (χ3n) is 8.92. The molecule has 0 rings (SSSR count). The summed E-state index contributed by atoms with van der Waals surface area (Å²) < 4.78 is 33.4. The van der Waals surface area contributed by atoms with Gasteiger partial charge in [-0.3, -0.25) is 18.6 Å². The average molecular weight is 770 g/mol. The Kier molecular flexibility index (Phi) is 37.2. The molecule has 310 valence electrons. The van der Waals surface area contributed by atoms with E-state index in [2.05, 4.69) is 50.3 Å². The summed E-state index contributed by atoms with van der Waals surface area (Å²) >= 11 is 0. The lowest BCUT2D eigenvalue weighted by Gasteiger charge is -2.20. The van der Waals surface area contributed by atoms with Crippen molar-refractivity contribution in [1.82, 2.24) is 4.90 Å². The summed E-state index contributed by atoms with van der Waals surface area (Å²) in [6.07, 6.45) is 40.4. The Morgan fingerprint density at radius 2 is 1.02 bits per heavy atom. The minimum Gasteiger partial charge on any atom is -0.462 e. The fourth-order valence-electron chi connectivity index (χ4n) is 5.59. The number of carbonyl (C=O) groups excluding carboxylic acids is 2. The van der Waals surface area contributed by atoms with Crippen molar-refractivity contribution in [3.8, 4) is 0 Å². The lowest BCUT2D eigenvalue weighted by Crippen LogP contribution is -2.29. The van der Waals surface area contributed by atoms with Gasteiger partial charge in [-0.2, -0.15) is 0 Å². The number of phosphoric acid groups is 1. The molecule has 2 unspecified atom stereocenters. The van der Waals surface area contributed by atoms with Crippen LogP contribution in [0.15, 0.2) is 36.5 Å². The number of carbonyl (C=O) groups is 2. The van der Waals surface area contributed by atoms with Crippen LogP contribution in [0, 0.1) is 0 Å². The predicted molar refractivity (Wildman–Crippen MR) is 220 cm³/mol. The normalized spacial score (nSPS) is 13.8. The van der Waals surface area contributed by atoms with E-state index in [-0.39, 0.29) is 32.0 Å². The fraction of sp³-hybridized carbons (Fsp3) is 0.814. The summed E-state index contributed by atoms with van der Waals surface area (Å²) in [4.78, 5) is 37.0.